The van der Waals surface area contributed by atoms with Crippen LogP contribution in [-0.4, -0.2) is 15.7 Å². The van der Waals surface area contributed by atoms with Crippen molar-refractivity contribution in [3.63, 3.8) is 0 Å². The van der Waals surface area contributed by atoms with Crippen LogP contribution in [0.1, 0.15) is 13.3 Å². The zero-order chi connectivity index (χ0) is 6.57. The second-order valence-corrected chi connectivity index (χ2v) is 3.09. The van der Waals surface area contributed by atoms with E-state index >= 15 is 0 Å². The smallest absolute Gasteiger partial charge is 0.121 e. The second kappa shape index (κ2) is 3.62. The van der Waals surface area contributed by atoms with E-state index in [9.17, 15) is 4.21 Å². The van der Waals surface area contributed by atoms with Gasteiger partial charge in [0.1, 0.15) is 5.25 Å². The van der Waals surface area contributed by atoms with Crippen LogP contribution in [-0.2, 0) is 10.8 Å². The molecular formula is C5H9NOS. The SMILES string of the molecule is CCC(C#N)S(C)=O. The zero-order valence-corrected chi connectivity index (χ0v) is 5.86. The monoisotopic (exact) mass is 131 g/mol. The summed E-state index contributed by atoms with van der Waals surface area (Å²) < 4.78 is 10.5. The molecule has 0 rings (SSSR count). The lowest BCUT2D eigenvalue weighted by molar-refractivity contribution is 0.680. The minimum atomic E-state index is -0.965. The largest absolute Gasteiger partial charge is 0.259 e. The van der Waals surface area contributed by atoms with Gasteiger partial charge in [-0.2, -0.15) is 5.26 Å². The molecule has 8 heavy (non-hydrogen) atoms. The molecule has 0 saturated heterocycles. The van der Waals surface area contributed by atoms with Crippen LogP contribution < -0.4 is 0 Å². The average molecular weight is 131 g/mol. The highest BCUT2D eigenvalue weighted by Gasteiger charge is 2.06. The second-order valence-electron chi connectivity index (χ2n) is 1.52. The third-order valence-electron chi connectivity index (χ3n) is 0.915. The van der Waals surface area contributed by atoms with E-state index in [2.05, 4.69) is 0 Å². The fourth-order valence-corrected chi connectivity index (χ4v) is 1.02. The molecule has 0 radical (unpaired) electrons. The molecule has 46 valence electrons. The highest BCUT2D eigenvalue weighted by Crippen LogP contribution is 1.95. The van der Waals surface area contributed by atoms with Crippen molar-refractivity contribution in [1.82, 2.24) is 0 Å². The minimum Gasteiger partial charge on any atom is -0.259 e. The first-order chi connectivity index (χ1) is 3.72. The van der Waals surface area contributed by atoms with Crippen molar-refractivity contribution >= 4 is 10.8 Å². The van der Waals surface area contributed by atoms with Crippen molar-refractivity contribution in [1.29, 1.82) is 5.26 Å². The zero-order valence-electron chi connectivity index (χ0n) is 5.05. The minimum absolute atomic E-state index is 0.269. The Kier molecular flexibility index (Phi) is 3.46. The quantitative estimate of drug-likeness (QED) is 0.552. The summed E-state index contributed by atoms with van der Waals surface area (Å²) >= 11 is 0. The van der Waals surface area contributed by atoms with E-state index in [1.807, 2.05) is 13.0 Å². The summed E-state index contributed by atoms with van der Waals surface area (Å²) in [5.41, 5.74) is 0. The van der Waals surface area contributed by atoms with Gasteiger partial charge in [0, 0.05) is 17.1 Å². The molecule has 0 aromatic heterocycles. The summed E-state index contributed by atoms with van der Waals surface area (Å²) in [4.78, 5) is 0. The molecule has 0 aromatic carbocycles. The van der Waals surface area contributed by atoms with Gasteiger partial charge in [0.25, 0.3) is 0 Å². The summed E-state index contributed by atoms with van der Waals surface area (Å²) in [6, 6.07) is 1.95. The van der Waals surface area contributed by atoms with Crippen molar-refractivity contribution in [3.05, 3.63) is 0 Å². The van der Waals surface area contributed by atoms with Crippen LogP contribution in [0.4, 0.5) is 0 Å². The van der Waals surface area contributed by atoms with Gasteiger partial charge in [-0.05, 0) is 6.42 Å². The van der Waals surface area contributed by atoms with Gasteiger partial charge in [0.15, 0.2) is 0 Å². The molecule has 0 saturated carbocycles. The lowest BCUT2D eigenvalue weighted by Gasteiger charge is -1.96. The Morgan fingerprint density at radius 3 is 2.38 bits per heavy atom. The van der Waals surface area contributed by atoms with Crippen molar-refractivity contribution in [2.45, 2.75) is 18.6 Å². The van der Waals surface area contributed by atoms with Gasteiger partial charge in [-0.1, -0.05) is 6.92 Å². The molecule has 0 aromatic rings. The fraction of sp³-hybridized carbons (Fsp3) is 0.800. The first-order valence-corrected chi connectivity index (χ1v) is 4.06. The van der Waals surface area contributed by atoms with Crippen molar-refractivity contribution < 1.29 is 4.21 Å². The maximum Gasteiger partial charge on any atom is 0.121 e. The molecule has 2 atom stereocenters. The molecule has 0 fully saturated rings. The third kappa shape index (κ3) is 2.08. The lowest BCUT2D eigenvalue weighted by Crippen LogP contribution is -2.08. The number of nitrogens with zero attached hydrogens (tertiary/aromatic N) is 1. The molecule has 0 aliphatic carbocycles. The number of hydrogen-bond acceptors (Lipinski definition) is 2. The average Bonchev–Trinajstić information content (AvgIpc) is 1.69. The third-order valence-corrected chi connectivity index (χ3v) is 2.16. The number of nitriles is 1. The van der Waals surface area contributed by atoms with E-state index in [4.69, 9.17) is 5.26 Å². The fourth-order valence-electron chi connectivity index (χ4n) is 0.400. The van der Waals surface area contributed by atoms with Crippen molar-refractivity contribution in [2.75, 3.05) is 6.26 Å². The van der Waals surface area contributed by atoms with Crippen molar-refractivity contribution in [2.24, 2.45) is 0 Å². The molecule has 3 heteroatoms. The van der Waals surface area contributed by atoms with Crippen LogP contribution in [0.3, 0.4) is 0 Å². The van der Waals surface area contributed by atoms with Crippen molar-refractivity contribution in [3.8, 4) is 6.07 Å². The van der Waals surface area contributed by atoms with Crippen LogP contribution in [0.25, 0.3) is 0 Å². The Balaban J connectivity index is 3.76. The van der Waals surface area contributed by atoms with Crippen LogP contribution >= 0.6 is 0 Å². The standard InChI is InChI=1S/C5H9NOS/c1-3-5(4-6)8(2)7/h5H,3H2,1-2H3. The first kappa shape index (κ1) is 7.64. The molecule has 0 amide bonds. The molecule has 0 bridgehead atoms. The Labute approximate surface area is 52.0 Å². The molecule has 2 nitrogen and oxygen atoms in total. The van der Waals surface area contributed by atoms with Gasteiger partial charge in [0.05, 0.1) is 6.07 Å². The van der Waals surface area contributed by atoms with Gasteiger partial charge >= 0.3 is 0 Å². The molecule has 2 unspecified atom stereocenters. The van der Waals surface area contributed by atoms with E-state index < -0.39 is 10.8 Å². The van der Waals surface area contributed by atoms with E-state index in [0.29, 0.717) is 6.42 Å². The first-order valence-electron chi connectivity index (χ1n) is 2.44. The highest BCUT2D eigenvalue weighted by molar-refractivity contribution is 7.85. The Bertz CT molecular complexity index is 127. The number of rotatable bonds is 2. The lowest BCUT2D eigenvalue weighted by atomic mass is 10.4. The van der Waals surface area contributed by atoms with Gasteiger partial charge in [-0.3, -0.25) is 4.21 Å². The van der Waals surface area contributed by atoms with E-state index in [1.165, 1.54) is 0 Å². The maximum absolute atomic E-state index is 10.5. The summed E-state index contributed by atoms with van der Waals surface area (Å²) in [6.45, 7) is 1.86. The van der Waals surface area contributed by atoms with Gasteiger partial charge in [-0.15, -0.1) is 0 Å². The molecular weight excluding hydrogens is 122 g/mol. The van der Waals surface area contributed by atoms with E-state index in [1.54, 1.807) is 6.26 Å². The molecule has 0 N–H and O–H groups in total. The summed E-state index contributed by atoms with van der Waals surface area (Å²) in [7, 11) is -0.965. The Morgan fingerprint density at radius 1 is 1.88 bits per heavy atom. The molecule has 0 heterocycles. The molecule has 0 spiro atoms. The maximum atomic E-state index is 10.5. The van der Waals surface area contributed by atoms with E-state index in [0.717, 1.165) is 0 Å². The topological polar surface area (TPSA) is 40.9 Å². The van der Waals surface area contributed by atoms with Crippen LogP contribution in [0.15, 0.2) is 0 Å². The number of hydrogen-bond donors (Lipinski definition) is 0. The predicted octanol–water partition coefficient (Wildman–Crippen LogP) is 0.667. The van der Waals surface area contributed by atoms with Gasteiger partial charge in [-0.25, -0.2) is 0 Å². The molecule has 0 aliphatic heterocycles. The van der Waals surface area contributed by atoms with Crippen LogP contribution in [0.5, 0.6) is 0 Å². The summed E-state index contributed by atoms with van der Waals surface area (Å²) in [5, 5.41) is 7.98. The molecule has 0 aliphatic rings. The van der Waals surface area contributed by atoms with E-state index in [-0.39, 0.29) is 5.25 Å². The predicted molar refractivity (Wildman–Crippen MR) is 33.8 cm³/mol. The summed E-state index contributed by atoms with van der Waals surface area (Å²) in [5.74, 6) is 0. The Morgan fingerprint density at radius 2 is 2.38 bits per heavy atom. The van der Waals surface area contributed by atoms with Gasteiger partial charge in [0.2, 0.25) is 0 Å². The Hall–Kier alpha value is -0.360. The van der Waals surface area contributed by atoms with Crippen LogP contribution in [0.2, 0.25) is 0 Å². The van der Waals surface area contributed by atoms with Crippen LogP contribution in [0, 0.1) is 11.3 Å². The summed E-state index contributed by atoms with van der Waals surface area (Å²) in [6.07, 6.45) is 2.23. The highest BCUT2D eigenvalue weighted by atomic mass is 32.2. The normalized spacial score (nSPS) is 16.6. The van der Waals surface area contributed by atoms with Gasteiger partial charge < -0.3 is 0 Å².